The van der Waals surface area contributed by atoms with Gasteiger partial charge < -0.3 is 9.67 Å². The van der Waals surface area contributed by atoms with E-state index in [0.717, 1.165) is 22.0 Å². The summed E-state index contributed by atoms with van der Waals surface area (Å²) in [5.74, 6) is -0.926. The molecule has 0 aliphatic rings. The number of benzene rings is 1. The number of nitrogens with zero attached hydrogens (tertiary/aromatic N) is 1. The topological polar surface area (TPSA) is 59.3 Å². The monoisotopic (exact) mass is 245 g/mol. The third kappa shape index (κ3) is 2.01. The summed E-state index contributed by atoms with van der Waals surface area (Å²) in [5, 5.41) is 9.79. The molecule has 2 rings (SSSR count). The number of fused-ring (bicyclic) bond motifs is 1. The van der Waals surface area contributed by atoms with Crippen molar-refractivity contribution < 1.29 is 9.90 Å². The number of pyridine rings is 1. The van der Waals surface area contributed by atoms with Gasteiger partial charge in [0.2, 0.25) is 0 Å². The molecule has 18 heavy (non-hydrogen) atoms. The molecule has 0 radical (unpaired) electrons. The van der Waals surface area contributed by atoms with E-state index >= 15 is 0 Å². The Morgan fingerprint density at radius 3 is 2.56 bits per heavy atom. The van der Waals surface area contributed by atoms with Crippen molar-refractivity contribution in [1.29, 1.82) is 0 Å². The quantitative estimate of drug-likeness (QED) is 0.877. The van der Waals surface area contributed by atoms with Crippen LogP contribution in [0.4, 0.5) is 0 Å². The molecule has 1 aromatic heterocycles. The van der Waals surface area contributed by atoms with Crippen molar-refractivity contribution in [1.82, 2.24) is 4.57 Å². The molecule has 0 fully saturated rings. The average molecular weight is 245 g/mol. The second-order valence-corrected chi connectivity index (χ2v) is 4.61. The normalized spacial score (nSPS) is 10.8. The van der Waals surface area contributed by atoms with Crippen LogP contribution in [0.3, 0.4) is 0 Å². The molecule has 4 nitrogen and oxygen atoms in total. The Bertz CT molecular complexity index is 698. The summed E-state index contributed by atoms with van der Waals surface area (Å²) >= 11 is 0. The van der Waals surface area contributed by atoms with Gasteiger partial charge >= 0.3 is 5.97 Å². The second-order valence-electron chi connectivity index (χ2n) is 4.61. The minimum Gasteiger partial charge on any atom is -0.481 e. The molecule has 4 heteroatoms. The third-order valence-electron chi connectivity index (χ3n) is 3.11. The largest absolute Gasteiger partial charge is 0.481 e. The van der Waals surface area contributed by atoms with Crippen molar-refractivity contribution in [3.05, 3.63) is 45.2 Å². The Morgan fingerprint density at radius 2 is 1.94 bits per heavy atom. The predicted molar refractivity (Wildman–Crippen MR) is 70.0 cm³/mol. The lowest BCUT2D eigenvalue weighted by atomic mass is 9.99. The van der Waals surface area contributed by atoms with Crippen molar-refractivity contribution in [2.45, 2.75) is 20.3 Å². The Balaban J connectivity index is 2.91. The van der Waals surface area contributed by atoms with Gasteiger partial charge in [0, 0.05) is 18.5 Å². The first kappa shape index (κ1) is 12.4. The molecule has 0 saturated heterocycles. The molecular weight excluding hydrogens is 230 g/mol. The average Bonchev–Trinajstić information content (AvgIpc) is 2.23. The lowest BCUT2D eigenvalue weighted by Gasteiger charge is -2.12. The maximum Gasteiger partial charge on any atom is 0.307 e. The molecule has 94 valence electrons. The van der Waals surface area contributed by atoms with Crippen LogP contribution in [0, 0.1) is 13.8 Å². The number of hydrogen-bond donors (Lipinski definition) is 1. The van der Waals surface area contributed by atoms with Gasteiger partial charge in [-0.3, -0.25) is 9.59 Å². The molecule has 0 aliphatic heterocycles. The van der Waals surface area contributed by atoms with E-state index in [-0.39, 0.29) is 12.0 Å². The summed E-state index contributed by atoms with van der Waals surface area (Å²) in [7, 11) is 1.70. The van der Waals surface area contributed by atoms with E-state index in [9.17, 15) is 9.59 Å². The van der Waals surface area contributed by atoms with E-state index in [2.05, 4.69) is 0 Å². The minimum atomic E-state index is -0.926. The number of carboxylic acids is 1. The fourth-order valence-electron chi connectivity index (χ4n) is 2.37. The van der Waals surface area contributed by atoms with Crippen molar-refractivity contribution in [2.24, 2.45) is 7.05 Å². The third-order valence-corrected chi connectivity index (χ3v) is 3.11. The van der Waals surface area contributed by atoms with E-state index in [1.807, 2.05) is 26.0 Å². The summed E-state index contributed by atoms with van der Waals surface area (Å²) in [4.78, 5) is 22.7. The van der Waals surface area contributed by atoms with Gasteiger partial charge in [0.15, 0.2) is 0 Å². The van der Waals surface area contributed by atoms with Gasteiger partial charge in [0.25, 0.3) is 5.56 Å². The van der Waals surface area contributed by atoms with Gasteiger partial charge in [-0.05, 0) is 36.6 Å². The van der Waals surface area contributed by atoms with Crippen LogP contribution >= 0.6 is 0 Å². The van der Waals surface area contributed by atoms with Crippen LogP contribution in [0.5, 0.6) is 0 Å². The van der Waals surface area contributed by atoms with Gasteiger partial charge in [-0.25, -0.2) is 0 Å². The molecule has 2 aromatic rings. The number of rotatable bonds is 2. The van der Waals surface area contributed by atoms with Crippen LogP contribution in [-0.4, -0.2) is 15.6 Å². The van der Waals surface area contributed by atoms with Crippen molar-refractivity contribution >= 4 is 16.9 Å². The van der Waals surface area contributed by atoms with Gasteiger partial charge in [-0.15, -0.1) is 0 Å². The minimum absolute atomic E-state index is 0.128. The Labute approximate surface area is 104 Å². The molecule has 1 aromatic carbocycles. The smallest absolute Gasteiger partial charge is 0.307 e. The maximum atomic E-state index is 11.8. The van der Waals surface area contributed by atoms with E-state index < -0.39 is 5.97 Å². The van der Waals surface area contributed by atoms with Gasteiger partial charge in [-0.1, -0.05) is 6.07 Å². The van der Waals surface area contributed by atoms with Gasteiger partial charge in [0.05, 0.1) is 11.9 Å². The van der Waals surface area contributed by atoms with Crippen LogP contribution in [0.2, 0.25) is 0 Å². The summed E-state index contributed by atoms with van der Waals surface area (Å²) < 4.78 is 1.56. The van der Waals surface area contributed by atoms with Crippen molar-refractivity contribution in [2.75, 3.05) is 0 Å². The number of carboxylic acid groups (broad SMARTS) is 1. The fraction of sp³-hybridized carbons (Fsp3) is 0.286. The summed E-state index contributed by atoms with van der Waals surface area (Å²) in [6.45, 7) is 3.89. The predicted octanol–water partition coefficient (Wildman–Crippen LogP) is 1.78. The number of aromatic nitrogens is 1. The fourth-order valence-corrected chi connectivity index (χ4v) is 2.37. The lowest BCUT2D eigenvalue weighted by Crippen LogP contribution is -2.19. The Kier molecular flexibility index (Phi) is 2.95. The highest BCUT2D eigenvalue weighted by Crippen LogP contribution is 2.23. The Morgan fingerprint density at radius 1 is 1.28 bits per heavy atom. The van der Waals surface area contributed by atoms with Crippen molar-refractivity contribution in [3.63, 3.8) is 0 Å². The first-order valence-corrected chi connectivity index (χ1v) is 5.72. The summed E-state index contributed by atoms with van der Waals surface area (Å²) in [6.07, 6.45) is -0.128. The maximum absolute atomic E-state index is 11.8. The summed E-state index contributed by atoms with van der Waals surface area (Å²) in [5.41, 5.74) is 3.25. The highest BCUT2D eigenvalue weighted by atomic mass is 16.4. The van der Waals surface area contributed by atoms with E-state index in [0.29, 0.717) is 5.56 Å². The first-order chi connectivity index (χ1) is 8.40. The highest BCUT2D eigenvalue weighted by molar-refractivity contribution is 5.89. The second kappa shape index (κ2) is 4.29. The zero-order valence-corrected chi connectivity index (χ0v) is 10.7. The molecule has 0 saturated carbocycles. The van der Waals surface area contributed by atoms with Crippen LogP contribution < -0.4 is 5.56 Å². The molecule has 0 atom stereocenters. The molecule has 0 unspecified atom stereocenters. The van der Waals surface area contributed by atoms with E-state index in [1.165, 1.54) is 6.07 Å². The molecular formula is C14H15NO3. The number of aryl methyl sites for hydroxylation is 3. The SMILES string of the molecule is Cc1cc(C)c2c(CC(=O)O)cc(=O)n(C)c2c1. The molecule has 0 amide bonds. The lowest BCUT2D eigenvalue weighted by molar-refractivity contribution is -0.136. The van der Waals surface area contributed by atoms with Gasteiger partial charge in [-0.2, -0.15) is 0 Å². The molecule has 1 N–H and O–H groups in total. The van der Waals surface area contributed by atoms with Crippen LogP contribution in [0.25, 0.3) is 10.9 Å². The van der Waals surface area contributed by atoms with Gasteiger partial charge in [0.1, 0.15) is 0 Å². The first-order valence-electron chi connectivity index (χ1n) is 5.72. The molecule has 0 bridgehead atoms. The van der Waals surface area contributed by atoms with Crippen LogP contribution in [0.1, 0.15) is 16.7 Å². The highest BCUT2D eigenvalue weighted by Gasteiger charge is 2.12. The number of carbonyl (C=O) groups is 1. The van der Waals surface area contributed by atoms with Crippen LogP contribution in [-0.2, 0) is 18.3 Å². The van der Waals surface area contributed by atoms with Crippen molar-refractivity contribution in [3.8, 4) is 0 Å². The number of hydrogen-bond acceptors (Lipinski definition) is 2. The Hall–Kier alpha value is -2.10. The van der Waals surface area contributed by atoms with E-state index in [1.54, 1.807) is 11.6 Å². The molecule has 0 spiro atoms. The standard InChI is InChI=1S/C14H15NO3/c1-8-4-9(2)14-10(7-13(17)18)6-12(16)15(3)11(14)5-8/h4-6H,7H2,1-3H3,(H,17,18). The van der Waals surface area contributed by atoms with Crippen LogP contribution in [0.15, 0.2) is 23.0 Å². The number of aliphatic carboxylic acids is 1. The molecule has 1 heterocycles. The molecule has 0 aliphatic carbocycles. The zero-order chi connectivity index (χ0) is 13.4. The zero-order valence-electron chi connectivity index (χ0n) is 10.7. The van der Waals surface area contributed by atoms with E-state index in [4.69, 9.17) is 5.11 Å². The summed E-state index contributed by atoms with van der Waals surface area (Å²) in [6, 6.07) is 5.33.